The first-order valence-electron chi connectivity index (χ1n) is 6.30. The third-order valence-electron chi connectivity index (χ3n) is 3.52. The molecule has 0 aliphatic heterocycles. The van der Waals surface area contributed by atoms with Crippen LogP contribution in [0.4, 0.5) is 5.69 Å². The van der Waals surface area contributed by atoms with Gasteiger partial charge in [-0.3, -0.25) is 10.1 Å². The van der Waals surface area contributed by atoms with Crippen molar-refractivity contribution < 1.29 is 4.92 Å². The Kier molecular flexibility index (Phi) is 2.28. The number of rotatable bonds is 2. The Bertz CT molecular complexity index is 985. The Morgan fingerprint density at radius 1 is 1.05 bits per heavy atom. The topological polar surface area (TPSA) is 100 Å². The molecule has 2 aromatic carbocycles. The van der Waals surface area contributed by atoms with Crippen LogP contribution in [0.25, 0.3) is 33.1 Å². The molecule has 2 N–H and O–H groups in total. The molecule has 102 valence electrons. The van der Waals surface area contributed by atoms with Gasteiger partial charge in [0.2, 0.25) is 0 Å². The predicted molar refractivity (Wildman–Crippen MR) is 77.8 cm³/mol. The quantitative estimate of drug-likeness (QED) is 0.435. The molecule has 7 nitrogen and oxygen atoms in total. The van der Waals surface area contributed by atoms with Gasteiger partial charge in [0.15, 0.2) is 5.52 Å². The van der Waals surface area contributed by atoms with Crippen LogP contribution in [0.15, 0.2) is 42.6 Å². The molecule has 0 saturated carbocycles. The van der Waals surface area contributed by atoms with Gasteiger partial charge in [0, 0.05) is 22.7 Å². The fraction of sp³-hybridized carbons (Fsp3) is 0. The largest absolute Gasteiger partial charge is 0.361 e. The number of aromatic amines is 2. The first-order valence-corrected chi connectivity index (χ1v) is 6.30. The van der Waals surface area contributed by atoms with E-state index in [1.165, 1.54) is 0 Å². The van der Waals surface area contributed by atoms with E-state index in [0.29, 0.717) is 11.1 Å². The summed E-state index contributed by atoms with van der Waals surface area (Å²) in [6.45, 7) is 0. The van der Waals surface area contributed by atoms with Crippen molar-refractivity contribution in [2.45, 2.75) is 0 Å². The number of para-hydroxylation sites is 1. The molecular weight excluding hydrogens is 270 g/mol. The van der Waals surface area contributed by atoms with Gasteiger partial charge < -0.3 is 4.98 Å². The van der Waals surface area contributed by atoms with E-state index in [1.807, 2.05) is 24.3 Å². The summed E-state index contributed by atoms with van der Waals surface area (Å²) >= 11 is 0. The minimum Gasteiger partial charge on any atom is -0.361 e. The molecule has 0 spiro atoms. The molecule has 0 bridgehead atoms. The summed E-state index contributed by atoms with van der Waals surface area (Å²) in [6, 6.07) is 11.1. The molecule has 0 aliphatic rings. The van der Waals surface area contributed by atoms with Crippen molar-refractivity contribution in [2.24, 2.45) is 0 Å². The van der Waals surface area contributed by atoms with Crippen LogP contribution in [0, 0.1) is 10.1 Å². The van der Waals surface area contributed by atoms with Gasteiger partial charge in [-0.1, -0.05) is 18.2 Å². The highest BCUT2D eigenvalue weighted by molar-refractivity contribution is 6.02. The zero-order chi connectivity index (χ0) is 14.4. The van der Waals surface area contributed by atoms with Crippen molar-refractivity contribution in [1.82, 2.24) is 20.4 Å². The average molecular weight is 279 g/mol. The van der Waals surface area contributed by atoms with Gasteiger partial charge in [0.05, 0.1) is 10.5 Å². The number of H-pyrrole nitrogens is 2. The summed E-state index contributed by atoms with van der Waals surface area (Å²) in [4.78, 5) is 14.2. The number of nitrogens with one attached hydrogen (secondary N) is 2. The highest BCUT2D eigenvalue weighted by Gasteiger charge is 2.23. The van der Waals surface area contributed by atoms with Gasteiger partial charge in [0.25, 0.3) is 0 Å². The molecule has 0 saturated heterocycles. The number of nitro groups is 1. The van der Waals surface area contributed by atoms with Crippen LogP contribution in [-0.2, 0) is 0 Å². The van der Waals surface area contributed by atoms with E-state index in [4.69, 9.17) is 0 Å². The summed E-state index contributed by atoms with van der Waals surface area (Å²) in [5, 5.41) is 22.6. The average Bonchev–Trinajstić information content (AvgIpc) is 3.12. The lowest BCUT2D eigenvalue weighted by Crippen LogP contribution is -1.93. The smallest absolute Gasteiger partial charge is 0.306 e. The predicted octanol–water partition coefficient (Wildman–Crippen LogP) is 3.01. The lowest BCUT2D eigenvalue weighted by Gasteiger charge is -2.02. The number of hydrogen-bond donors (Lipinski definition) is 2. The van der Waals surface area contributed by atoms with E-state index in [0.717, 1.165) is 16.5 Å². The normalized spacial score (nSPS) is 11.2. The van der Waals surface area contributed by atoms with E-state index in [9.17, 15) is 10.1 Å². The molecule has 7 heteroatoms. The zero-order valence-corrected chi connectivity index (χ0v) is 10.7. The van der Waals surface area contributed by atoms with Gasteiger partial charge in [0.1, 0.15) is 5.52 Å². The van der Waals surface area contributed by atoms with Gasteiger partial charge in [-0.25, -0.2) is 0 Å². The molecule has 21 heavy (non-hydrogen) atoms. The van der Waals surface area contributed by atoms with Crippen LogP contribution in [0.2, 0.25) is 0 Å². The van der Waals surface area contributed by atoms with Crippen molar-refractivity contribution in [3.8, 4) is 11.1 Å². The van der Waals surface area contributed by atoms with Crippen molar-refractivity contribution >= 4 is 27.6 Å². The van der Waals surface area contributed by atoms with Gasteiger partial charge in [-0.05, 0) is 18.2 Å². The summed E-state index contributed by atoms with van der Waals surface area (Å²) in [5.41, 5.74) is 2.95. The number of benzene rings is 2. The van der Waals surface area contributed by atoms with Crippen LogP contribution in [0.5, 0.6) is 0 Å². The molecular formula is C14H9N5O2. The number of aromatic nitrogens is 4. The molecule has 0 fully saturated rings. The van der Waals surface area contributed by atoms with Crippen LogP contribution in [0.3, 0.4) is 0 Å². The maximum Gasteiger partial charge on any atom is 0.306 e. The molecule has 4 rings (SSSR count). The van der Waals surface area contributed by atoms with Crippen molar-refractivity contribution in [1.29, 1.82) is 0 Å². The summed E-state index contributed by atoms with van der Waals surface area (Å²) in [5.74, 6) is 0. The molecule has 0 unspecified atom stereocenters. The number of nitrogens with zero attached hydrogens (tertiary/aromatic N) is 3. The fourth-order valence-electron chi connectivity index (χ4n) is 2.59. The summed E-state index contributed by atoms with van der Waals surface area (Å²) < 4.78 is 0. The molecule has 0 atom stereocenters. The molecule has 2 heterocycles. The minimum absolute atomic E-state index is 0.0361. The Labute approximate surface area is 117 Å². The third-order valence-corrected chi connectivity index (χ3v) is 3.52. The van der Waals surface area contributed by atoms with E-state index < -0.39 is 4.92 Å². The highest BCUT2D eigenvalue weighted by atomic mass is 16.6. The number of fused-ring (bicyclic) bond motifs is 2. The second-order valence-electron chi connectivity index (χ2n) is 4.66. The maximum absolute atomic E-state index is 11.5. The molecule has 0 aliphatic carbocycles. The summed E-state index contributed by atoms with van der Waals surface area (Å²) in [7, 11) is 0. The number of nitro benzene ring substituents is 1. The lowest BCUT2D eigenvalue weighted by molar-refractivity contribution is -0.382. The second-order valence-corrected chi connectivity index (χ2v) is 4.66. The van der Waals surface area contributed by atoms with Crippen LogP contribution < -0.4 is 0 Å². The van der Waals surface area contributed by atoms with Crippen LogP contribution in [0.1, 0.15) is 0 Å². The second kappa shape index (κ2) is 4.14. The van der Waals surface area contributed by atoms with Gasteiger partial charge in [-0.2, -0.15) is 10.3 Å². The third kappa shape index (κ3) is 1.61. The van der Waals surface area contributed by atoms with E-state index in [-0.39, 0.29) is 11.2 Å². The van der Waals surface area contributed by atoms with Crippen molar-refractivity contribution in [2.75, 3.05) is 0 Å². The minimum atomic E-state index is -0.415. The van der Waals surface area contributed by atoms with E-state index in [1.54, 1.807) is 18.3 Å². The first kappa shape index (κ1) is 11.6. The van der Waals surface area contributed by atoms with E-state index >= 15 is 0 Å². The molecule has 0 radical (unpaired) electrons. The maximum atomic E-state index is 11.5. The standard InChI is InChI=1S/C14H9N5O2/c20-19(21)14-9(5-6-12-13(14)17-18-16-12)10-7-15-11-4-2-1-3-8(10)11/h1-7,15H,(H,16,17,18). The van der Waals surface area contributed by atoms with E-state index in [2.05, 4.69) is 20.4 Å². The van der Waals surface area contributed by atoms with Crippen molar-refractivity contribution in [3.63, 3.8) is 0 Å². The van der Waals surface area contributed by atoms with Gasteiger partial charge >= 0.3 is 5.69 Å². The Morgan fingerprint density at radius 3 is 2.76 bits per heavy atom. The Hall–Kier alpha value is -3.22. The lowest BCUT2D eigenvalue weighted by atomic mass is 10.0. The van der Waals surface area contributed by atoms with Crippen LogP contribution in [-0.4, -0.2) is 25.3 Å². The number of hydrogen-bond acceptors (Lipinski definition) is 4. The summed E-state index contributed by atoms with van der Waals surface area (Å²) in [6.07, 6.45) is 1.78. The monoisotopic (exact) mass is 279 g/mol. The first-order chi connectivity index (χ1) is 10.3. The van der Waals surface area contributed by atoms with Crippen molar-refractivity contribution in [3.05, 3.63) is 52.7 Å². The zero-order valence-electron chi connectivity index (χ0n) is 10.7. The van der Waals surface area contributed by atoms with Crippen LogP contribution >= 0.6 is 0 Å². The van der Waals surface area contributed by atoms with Gasteiger partial charge in [-0.15, -0.1) is 5.10 Å². The fourth-order valence-corrected chi connectivity index (χ4v) is 2.59. The highest BCUT2D eigenvalue weighted by Crippen LogP contribution is 2.38. The Morgan fingerprint density at radius 2 is 1.90 bits per heavy atom. The molecule has 2 aromatic heterocycles. The molecule has 0 amide bonds. The SMILES string of the molecule is O=[N+]([O-])c1c(-c2c[nH]c3ccccc23)ccc2n[nH]nc12. The molecule has 4 aromatic rings. The Balaban J connectivity index is 2.10.